The SMILES string of the molecule is CN=C(C=CN)Nc1ccc2c(c1)C(=O)N(CC1(CN3CCc4ccccc4C3)CCCC1C)CCO2. The van der Waals surface area contributed by atoms with Gasteiger partial charge in [-0.2, -0.15) is 0 Å². The molecule has 196 valence electrons. The minimum Gasteiger partial charge on any atom is -0.491 e. The van der Waals surface area contributed by atoms with Crippen molar-refractivity contribution >= 4 is 17.4 Å². The zero-order chi connectivity index (χ0) is 25.8. The van der Waals surface area contributed by atoms with E-state index in [-0.39, 0.29) is 11.3 Å². The van der Waals surface area contributed by atoms with Crippen LogP contribution in [0.15, 0.2) is 59.7 Å². The van der Waals surface area contributed by atoms with Crippen LogP contribution in [0, 0.1) is 11.3 Å². The van der Waals surface area contributed by atoms with Gasteiger partial charge in [0, 0.05) is 44.3 Å². The molecule has 0 bridgehead atoms. The van der Waals surface area contributed by atoms with Gasteiger partial charge in [-0.3, -0.25) is 14.7 Å². The monoisotopic (exact) mass is 501 g/mol. The number of carbonyl (C=O) groups excluding carboxylic acids is 1. The van der Waals surface area contributed by atoms with Gasteiger partial charge in [-0.15, -0.1) is 0 Å². The molecule has 2 unspecified atom stereocenters. The molecule has 0 radical (unpaired) electrons. The highest BCUT2D eigenvalue weighted by Gasteiger charge is 2.44. The van der Waals surface area contributed by atoms with Crippen molar-refractivity contribution in [1.29, 1.82) is 0 Å². The third kappa shape index (κ3) is 5.37. The van der Waals surface area contributed by atoms with Crippen molar-refractivity contribution in [2.45, 2.75) is 39.2 Å². The van der Waals surface area contributed by atoms with E-state index in [2.05, 4.69) is 46.4 Å². The van der Waals surface area contributed by atoms with Gasteiger partial charge >= 0.3 is 0 Å². The van der Waals surface area contributed by atoms with E-state index in [9.17, 15) is 4.79 Å². The fourth-order valence-corrected chi connectivity index (χ4v) is 6.35. The molecular weight excluding hydrogens is 462 g/mol. The summed E-state index contributed by atoms with van der Waals surface area (Å²) in [5.41, 5.74) is 9.94. The van der Waals surface area contributed by atoms with Crippen LogP contribution < -0.4 is 15.8 Å². The number of nitrogens with zero attached hydrogens (tertiary/aromatic N) is 3. The Bertz CT molecular complexity index is 1190. The molecule has 2 atom stereocenters. The molecule has 3 aliphatic rings. The molecule has 0 saturated heterocycles. The van der Waals surface area contributed by atoms with Crippen LogP contribution in [0.4, 0.5) is 5.69 Å². The number of anilines is 1. The van der Waals surface area contributed by atoms with Gasteiger partial charge < -0.3 is 20.7 Å². The van der Waals surface area contributed by atoms with Crippen LogP contribution in [0.3, 0.4) is 0 Å². The summed E-state index contributed by atoms with van der Waals surface area (Å²) in [4.78, 5) is 22.8. The number of ether oxygens (including phenoxy) is 1. The van der Waals surface area contributed by atoms with E-state index in [1.54, 1.807) is 13.1 Å². The van der Waals surface area contributed by atoms with Crippen LogP contribution >= 0.6 is 0 Å². The van der Waals surface area contributed by atoms with Crippen molar-refractivity contribution in [3.63, 3.8) is 0 Å². The number of benzene rings is 2. The summed E-state index contributed by atoms with van der Waals surface area (Å²) in [5.74, 6) is 1.88. The summed E-state index contributed by atoms with van der Waals surface area (Å²) in [7, 11) is 1.70. The number of amidine groups is 1. The Morgan fingerprint density at radius 1 is 1.22 bits per heavy atom. The quantitative estimate of drug-likeness (QED) is 0.456. The fraction of sp³-hybridized carbons (Fsp3) is 0.467. The summed E-state index contributed by atoms with van der Waals surface area (Å²) >= 11 is 0. The van der Waals surface area contributed by atoms with E-state index >= 15 is 0 Å². The zero-order valence-electron chi connectivity index (χ0n) is 22.1. The van der Waals surface area contributed by atoms with E-state index in [0.29, 0.717) is 36.2 Å². The number of fused-ring (bicyclic) bond motifs is 2. The largest absolute Gasteiger partial charge is 0.491 e. The van der Waals surface area contributed by atoms with Crippen LogP contribution in [-0.4, -0.2) is 61.4 Å². The summed E-state index contributed by atoms with van der Waals surface area (Å²) in [6.45, 7) is 7.37. The van der Waals surface area contributed by atoms with Gasteiger partial charge in [0.15, 0.2) is 0 Å². The molecule has 0 spiro atoms. The molecular formula is C30H39N5O2. The second-order valence-electron chi connectivity index (χ2n) is 10.8. The lowest BCUT2D eigenvalue weighted by molar-refractivity contribution is 0.0434. The van der Waals surface area contributed by atoms with Crippen molar-refractivity contribution in [3.8, 4) is 5.75 Å². The average molecular weight is 502 g/mol. The molecule has 3 N–H and O–H groups in total. The molecule has 2 aromatic rings. The standard InChI is InChI=1S/C30H39N5O2/c1-22-6-5-13-30(22,20-34-15-12-23-7-3-4-8-24(23)19-34)21-35-16-17-37-27-10-9-25(18-26(27)29(35)36)33-28(32-2)11-14-31/h3-4,7-11,14,18,22H,5-6,12-13,15-17,19-21,31H2,1-2H3,(H,32,33). The maximum Gasteiger partial charge on any atom is 0.257 e. The van der Waals surface area contributed by atoms with Gasteiger partial charge in [-0.05, 0) is 60.4 Å². The summed E-state index contributed by atoms with van der Waals surface area (Å²) < 4.78 is 6.03. The number of carbonyl (C=O) groups is 1. The summed E-state index contributed by atoms with van der Waals surface area (Å²) in [6.07, 6.45) is 7.85. The van der Waals surface area contributed by atoms with Gasteiger partial charge in [0.2, 0.25) is 0 Å². The van der Waals surface area contributed by atoms with Crippen LogP contribution in [0.2, 0.25) is 0 Å². The van der Waals surface area contributed by atoms with E-state index in [4.69, 9.17) is 10.5 Å². The van der Waals surface area contributed by atoms with Crippen molar-refractivity contribution < 1.29 is 9.53 Å². The Morgan fingerprint density at radius 3 is 2.81 bits per heavy atom. The van der Waals surface area contributed by atoms with Crippen LogP contribution in [0.25, 0.3) is 0 Å². The molecule has 2 heterocycles. The lowest BCUT2D eigenvalue weighted by Gasteiger charge is -2.43. The van der Waals surface area contributed by atoms with Gasteiger partial charge in [0.05, 0.1) is 12.1 Å². The number of aliphatic imine (C=N–C) groups is 1. The van der Waals surface area contributed by atoms with Crippen molar-refractivity contribution in [3.05, 3.63) is 71.4 Å². The number of nitrogens with one attached hydrogen (secondary N) is 1. The second kappa shape index (κ2) is 11.0. The predicted octanol–water partition coefficient (Wildman–Crippen LogP) is 4.30. The number of hydrogen-bond acceptors (Lipinski definition) is 5. The van der Waals surface area contributed by atoms with E-state index in [0.717, 1.165) is 44.7 Å². The smallest absolute Gasteiger partial charge is 0.257 e. The molecule has 2 aliphatic heterocycles. The van der Waals surface area contributed by atoms with Gasteiger partial charge in [0.1, 0.15) is 18.2 Å². The Balaban J connectivity index is 1.36. The molecule has 2 aromatic carbocycles. The van der Waals surface area contributed by atoms with Gasteiger partial charge in [-0.25, -0.2) is 0 Å². The van der Waals surface area contributed by atoms with Crippen molar-refractivity contribution in [2.24, 2.45) is 22.1 Å². The maximum atomic E-state index is 13.9. The topological polar surface area (TPSA) is 83.2 Å². The second-order valence-corrected chi connectivity index (χ2v) is 10.8. The van der Waals surface area contributed by atoms with E-state index in [1.165, 1.54) is 30.2 Å². The Kier molecular flexibility index (Phi) is 7.51. The van der Waals surface area contributed by atoms with Crippen LogP contribution in [-0.2, 0) is 13.0 Å². The normalized spacial score (nSPS) is 24.5. The highest BCUT2D eigenvalue weighted by Crippen LogP contribution is 2.45. The maximum absolute atomic E-state index is 13.9. The number of amides is 1. The highest BCUT2D eigenvalue weighted by atomic mass is 16.5. The number of nitrogens with two attached hydrogens (primary N) is 1. The Hall–Kier alpha value is -3.32. The van der Waals surface area contributed by atoms with Crippen LogP contribution in [0.1, 0.15) is 47.7 Å². The average Bonchev–Trinajstić information content (AvgIpc) is 3.18. The Labute approximate surface area is 220 Å². The molecule has 7 nitrogen and oxygen atoms in total. The molecule has 5 rings (SSSR count). The van der Waals surface area contributed by atoms with Gasteiger partial charge in [0.25, 0.3) is 5.91 Å². The van der Waals surface area contributed by atoms with E-state index < -0.39 is 0 Å². The van der Waals surface area contributed by atoms with Gasteiger partial charge in [-0.1, -0.05) is 44.0 Å². The molecule has 0 aromatic heterocycles. The molecule has 1 saturated carbocycles. The number of hydrogen-bond donors (Lipinski definition) is 2. The predicted molar refractivity (Wildman–Crippen MR) is 149 cm³/mol. The lowest BCUT2D eigenvalue weighted by atomic mass is 9.77. The van der Waals surface area contributed by atoms with Crippen molar-refractivity contribution in [1.82, 2.24) is 9.80 Å². The first-order chi connectivity index (χ1) is 18.0. The minimum atomic E-state index is 0.0444. The molecule has 1 aliphatic carbocycles. The van der Waals surface area contributed by atoms with Crippen LogP contribution in [0.5, 0.6) is 5.75 Å². The summed E-state index contributed by atoms with van der Waals surface area (Å²) in [6, 6.07) is 14.5. The van der Waals surface area contributed by atoms with E-state index in [1.807, 2.05) is 23.1 Å². The summed E-state index contributed by atoms with van der Waals surface area (Å²) in [5, 5.41) is 3.24. The molecule has 1 fully saturated rings. The first-order valence-corrected chi connectivity index (χ1v) is 13.5. The number of rotatable bonds is 6. The molecule has 1 amide bonds. The lowest BCUT2D eigenvalue weighted by Crippen LogP contribution is -2.50. The fourth-order valence-electron chi connectivity index (χ4n) is 6.35. The first kappa shape index (κ1) is 25.3. The molecule has 7 heteroatoms. The first-order valence-electron chi connectivity index (χ1n) is 13.5. The van der Waals surface area contributed by atoms with Crippen molar-refractivity contribution in [2.75, 3.05) is 45.2 Å². The third-order valence-electron chi connectivity index (χ3n) is 8.49. The zero-order valence-corrected chi connectivity index (χ0v) is 22.1. The minimum absolute atomic E-state index is 0.0444. The Morgan fingerprint density at radius 2 is 2.05 bits per heavy atom. The third-order valence-corrected chi connectivity index (χ3v) is 8.49. The molecule has 37 heavy (non-hydrogen) atoms. The highest BCUT2D eigenvalue weighted by molar-refractivity contribution is 6.05.